The van der Waals surface area contributed by atoms with Gasteiger partial charge in [0.2, 0.25) is 0 Å². The van der Waals surface area contributed by atoms with Crippen LogP contribution in [0.5, 0.6) is 0 Å². The molecular weight excluding hydrogens is 251 g/mol. The van der Waals surface area contributed by atoms with Gasteiger partial charge in [0, 0.05) is 24.7 Å². The first-order valence-corrected chi connectivity index (χ1v) is 7.90. The fourth-order valence-corrected chi connectivity index (χ4v) is 3.19. The lowest BCUT2D eigenvalue weighted by Crippen LogP contribution is -2.34. The summed E-state index contributed by atoms with van der Waals surface area (Å²) in [5.74, 6) is -0.0658. The van der Waals surface area contributed by atoms with E-state index in [2.05, 4.69) is 17.1 Å². The molecule has 0 saturated carbocycles. The van der Waals surface area contributed by atoms with Crippen molar-refractivity contribution in [2.45, 2.75) is 58.2 Å². The van der Waals surface area contributed by atoms with Crippen LogP contribution in [0.1, 0.15) is 50.2 Å². The van der Waals surface area contributed by atoms with Crippen LogP contribution in [0.15, 0.2) is 18.2 Å². The number of benzene rings is 1. The minimum Gasteiger partial charge on any atom is -0.316 e. The molecule has 1 atom stereocenters. The van der Waals surface area contributed by atoms with Gasteiger partial charge in [0.25, 0.3) is 0 Å². The number of nitrogens with zero attached hydrogens (tertiary/aromatic N) is 1. The van der Waals surface area contributed by atoms with Gasteiger partial charge in [-0.3, -0.25) is 4.90 Å². The highest BCUT2D eigenvalue weighted by atomic mass is 19.1. The van der Waals surface area contributed by atoms with Crippen LogP contribution in [0.2, 0.25) is 0 Å². The summed E-state index contributed by atoms with van der Waals surface area (Å²) in [4.78, 5) is 2.48. The minimum absolute atomic E-state index is 0.0658. The molecule has 2 rings (SSSR count). The molecule has 0 aliphatic carbocycles. The number of hydrogen-bond donors (Lipinski definition) is 1. The zero-order valence-corrected chi connectivity index (χ0v) is 12.8. The van der Waals surface area contributed by atoms with E-state index < -0.39 is 0 Å². The number of hydrogen-bond acceptors (Lipinski definition) is 2. The van der Waals surface area contributed by atoms with E-state index in [1.165, 1.54) is 25.7 Å². The Hall–Kier alpha value is -0.930. The number of likely N-dealkylation sites (tertiary alicyclic amines) is 1. The zero-order valence-electron chi connectivity index (χ0n) is 12.8. The molecule has 1 N–H and O–H groups in total. The van der Waals surface area contributed by atoms with E-state index >= 15 is 0 Å². The second-order valence-electron chi connectivity index (χ2n) is 5.84. The van der Waals surface area contributed by atoms with Crippen LogP contribution >= 0.6 is 0 Å². The average Bonchev–Trinajstić information content (AvgIpc) is 2.68. The Balaban J connectivity index is 2.12. The third-order valence-corrected chi connectivity index (χ3v) is 4.33. The van der Waals surface area contributed by atoms with Crippen LogP contribution in [0.4, 0.5) is 4.39 Å². The SMILES string of the molecule is CCC1CCCCCN1Cc1cc(CNC)ccc1F. The molecule has 0 spiro atoms. The summed E-state index contributed by atoms with van der Waals surface area (Å²) in [5, 5.41) is 3.13. The molecule has 3 heteroatoms. The second-order valence-corrected chi connectivity index (χ2v) is 5.84. The maximum Gasteiger partial charge on any atom is 0.127 e. The van der Waals surface area contributed by atoms with E-state index in [1.807, 2.05) is 19.2 Å². The van der Waals surface area contributed by atoms with Gasteiger partial charge < -0.3 is 5.32 Å². The largest absolute Gasteiger partial charge is 0.316 e. The van der Waals surface area contributed by atoms with Crippen molar-refractivity contribution in [3.8, 4) is 0 Å². The minimum atomic E-state index is -0.0658. The molecule has 0 amide bonds. The van der Waals surface area contributed by atoms with Gasteiger partial charge in [-0.2, -0.15) is 0 Å². The summed E-state index contributed by atoms with van der Waals surface area (Å²) >= 11 is 0. The van der Waals surface area contributed by atoms with Crippen LogP contribution in [-0.2, 0) is 13.1 Å². The predicted molar refractivity (Wildman–Crippen MR) is 82.1 cm³/mol. The van der Waals surface area contributed by atoms with Gasteiger partial charge in [-0.25, -0.2) is 4.39 Å². The number of rotatable bonds is 5. The summed E-state index contributed by atoms with van der Waals surface area (Å²) in [5.41, 5.74) is 2.00. The Morgan fingerprint density at radius 3 is 2.90 bits per heavy atom. The molecular formula is C17H27FN2. The van der Waals surface area contributed by atoms with Crippen LogP contribution in [0.25, 0.3) is 0 Å². The predicted octanol–water partition coefficient (Wildman–Crippen LogP) is 3.70. The molecule has 0 aromatic heterocycles. The molecule has 1 fully saturated rings. The Labute approximate surface area is 122 Å². The third-order valence-electron chi connectivity index (χ3n) is 4.33. The molecule has 1 aromatic rings. The summed E-state index contributed by atoms with van der Waals surface area (Å²) in [6.45, 7) is 4.90. The van der Waals surface area contributed by atoms with Crippen LogP contribution < -0.4 is 5.32 Å². The highest BCUT2D eigenvalue weighted by Gasteiger charge is 2.20. The molecule has 20 heavy (non-hydrogen) atoms. The molecule has 1 aromatic carbocycles. The van der Waals surface area contributed by atoms with Crippen molar-refractivity contribution >= 4 is 0 Å². The molecule has 1 unspecified atom stereocenters. The Morgan fingerprint density at radius 1 is 1.30 bits per heavy atom. The van der Waals surface area contributed by atoms with Gasteiger partial charge in [0.1, 0.15) is 5.82 Å². The van der Waals surface area contributed by atoms with Crippen molar-refractivity contribution in [2.24, 2.45) is 0 Å². The lowest BCUT2D eigenvalue weighted by Gasteiger charge is -2.29. The first-order valence-electron chi connectivity index (χ1n) is 7.90. The first kappa shape index (κ1) is 15.5. The molecule has 1 heterocycles. The number of nitrogens with one attached hydrogen (secondary N) is 1. The van der Waals surface area contributed by atoms with Crippen LogP contribution in [0, 0.1) is 5.82 Å². The van der Waals surface area contributed by atoms with Gasteiger partial charge in [-0.05, 0) is 44.5 Å². The second kappa shape index (κ2) is 7.75. The molecule has 1 aliphatic rings. The molecule has 0 bridgehead atoms. The molecule has 112 valence electrons. The lowest BCUT2D eigenvalue weighted by molar-refractivity contribution is 0.184. The van der Waals surface area contributed by atoms with Gasteiger partial charge >= 0.3 is 0 Å². The summed E-state index contributed by atoms with van der Waals surface area (Å²) in [6.07, 6.45) is 6.30. The zero-order chi connectivity index (χ0) is 14.4. The summed E-state index contributed by atoms with van der Waals surface area (Å²) < 4.78 is 14.1. The third kappa shape index (κ3) is 4.03. The normalized spacial score (nSPS) is 20.9. The van der Waals surface area contributed by atoms with Gasteiger partial charge in [0.05, 0.1) is 0 Å². The number of halogens is 1. The average molecular weight is 278 g/mol. The summed E-state index contributed by atoms with van der Waals surface area (Å²) in [7, 11) is 1.92. The van der Waals surface area contributed by atoms with Crippen molar-refractivity contribution in [1.29, 1.82) is 0 Å². The van der Waals surface area contributed by atoms with Gasteiger partial charge in [0.15, 0.2) is 0 Å². The molecule has 0 radical (unpaired) electrons. The smallest absolute Gasteiger partial charge is 0.127 e. The quantitative estimate of drug-likeness (QED) is 0.883. The topological polar surface area (TPSA) is 15.3 Å². The van der Waals surface area contributed by atoms with Crippen molar-refractivity contribution < 1.29 is 4.39 Å². The highest BCUT2D eigenvalue weighted by Crippen LogP contribution is 2.22. The molecule has 1 saturated heterocycles. The maximum absolute atomic E-state index is 14.1. The van der Waals surface area contributed by atoms with Crippen LogP contribution in [0.3, 0.4) is 0 Å². The van der Waals surface area contributed by atoms with Crippen LogP contribution in [-0.4, -0.2) is 24.5 Å². The first-order chi connectivity index (χ1) is 9.74. The van der Waals surface area contributed by atoms with Crippen molar-refractivity contribution in [3.05, 3.63) is 35.1 Å². The van der Waals surface area contributed by atoms with E-state index in [1.54, 1.807) is 6.07 Å². The van der Waals surface area contributed by atoms with Crippen molar-refractivity contribution in [2.75, 3.05) is 13.6 Å². The van der Waals surface area contributed by atoms with Crippen molar-refractivity contribution in [3.63, 3.8) is 0 Å². The Kier molecular flexibility index (Phi) is 5.99. The van der Waals surface area contributed by atoms with E-state index in [0.29, 0.717) is 6.04 Å². The van der Waals surface area contributed by atoms with E-state index in [9.17, 15) is 4.39 Å². The fraction of sp³-hybridized carbons (Fsp3) is 0.647. The van der Waals surface area contributed by atoms with Crippen molar-refractivity contribution in [1.82, 2.24) is 10.2 Å². The van der Waals surface area contributed by atoms with Gasteiger partial charge in [-0.1, -0.05) is 31.9 Å². The monoisotopic (exact) mass is 278 g/mol. The van der Waals surface area contributed by atoms with Gasteiger partial charge in [-0.15, -0.1) is 0 Å². The maximum atomic E-state index is 14.1. The summed E-state index contributed by atoms with van der Waals surface area (Å²) in [6, 6.07) is 6.11. The lowest BCUT2D eigenvalue weighted by atomic mass is 10.1. The van der Waals surface area contributed by atoms with E-state index in [-0.39, 0.29) is 5.82 Å². The highest BCUT2D eigenvalue weighted by molar-refractivity contribution is 5.25. The Morgan fingerprint density at radius 2 is 2.15 bits per heavy atom. The molecule has 2 nitrogen and oxygen atoms in total. The van der Waals surface area contributed by atoms with E-state index in [4.69, 9.17) is 0 Å². The fourth-order valence-electron chi connectivity index (χ4n) is 3.19. The van der Waals surface area contributed by atoms with E-state index in [0.717, 1.165) is 37.2 Å². The molecule has 1 aliphatic heterocycles. The Bertz CT molecular complexity index is 419. The standard InChI is InChI=1S/C17H27FN2/c1-3-16-7-5-4-6-10-20(16)13-15-11-14(12-19-2)8-9-17(15)18/h8-9,11,16,19H,3-7,10,12-13H2,1-2H3.